The number of hydrogen-bond donors (Lipinski definition) is 0. The highest BCUT2D eigenvalue weighted by Crippen LogP contribution is 2.18. The fourth-order valence-electron chi connectivity index (χ4n) is 1.91. The number of aromatic nitrogens is 2. The average molecular weight is 328 g/mol. The van der Waals surface area contributed by atoms with E-state index in [0.29, 0.717) is 11.5 Å². The fraction of sp³-hybridized carbons (Fsp3) is 0.235. The predicted molar refractivity (Wildman–Crippen MR) is 83.1 cm³/mol. The second kappa shape index (κ2) is 7.45. The van der Waals surface area contributed by atoms with Gasteiger partial charge in [-0.05, 0) is 31.2 Å². The molecule has 0 unspecified atom stereocenters. The maximum absolute atomic E-state index is 11.7. The van der Waals surface area contributed by atoms with Gasteiger partial charge in [0, 0.05) is 0 Å². The first-order valence-corrected chi connectivity index (χ1v) is 7.42. The third kappa shape index (κ3) is 4.22. The van der Waals surface area contributed by atoms with Crippen LogP contribution in [0.15, 0.2) is 51.5 Å². The van der Waals surface area contributed by atoms with Gasteiger partial charge in [-0.2, -0.15) is 0 Å². The summed E-state index contributed by atoms with van der Waals surface area (Å²) in [5, 5.41) is 7.61. The largest absolute Gasteiger partial charge is 0.493 e. The van der Waals surface area contributed by atoms with Crippen molar-refractivity contribution in [2.24, 2.45) is 0 Å². The number of carbonyl (C=O) groups is 1. The van der Waals surface area contributed by atoms with Crippen LogP contribution in [0.4, 0.5) is 0 Å². The van der Waals surface area contributed by atoms with E-state index in [9.17, 15) is 4.79 Å². The number of carbonyl (C=O) groups excluding carboxylic acids is 1. The summed E-state index contributed by atoms with van der Waals surface area (Å²) < 4.78 is 21.0. The van der Waals surface area contributed by atoms with E-state index >= 15 is 0 Å². The first kappa shape index (κ1) is 15.8. The highest BCUT2D eigenvalue weighted by molar-refractivity contribution is 5.69. The number of benzene rings is 1. The fourth-order valence-corrected chi connectivity index (χ4v) is 1.91. The molecule has 0 aliphatic heterocycles. The molecule has 2 aromatic heterocycles. The monoisotopic (exact) mass is 328 g/mol. The Hall–Kier alpha value is -3.09. The molecule has 0 fully saturated rings. The zero-order valence-electron chi connectivity index (χ0n) is 13.1. The van der Waals surface area contributed by atoms with Gasteiger partial charge < -0.3 is 18.3 Å². The van der Waals surface area contributed by atoms with Crippen molar-refractivity contribution in [2.75, 3.05) is 6.61 Å². The average Bonchev–Trinajstić information content (AvgIpc) is 3.26. The molecule has 3 rings (SSSR count). The summed E-state index contributed by atoms with van der Waals surface area (Å²) in [5.41, 5.74) is 1.15. The van der Waals surface area contributed by atoms with Gasteiger partial charge in [-0.15, -0.1) is 10.2 Å². The highest BCUT2D eigenvalue weighted by Gasteiger charge is 2.12. The van der Waals surface area contributed by atoms with Gasteiger partial charge in [-0.3, -0.25) is 4.79 Å². The standard InChI is InChI=1S/C17H16N2O5/c1-12-4-6-13(7-5-12)21-10-8-16(20)23-11-15-18-19-17(24-15)14-3-2-9-22-14/h2-7,9H,8,10-11H2,1H3. The third-order valence-corrected chi connectivity index (χ3v) is 3.15. The number of aryl methyl sites for hydroxylation is 1. The first-order valence-electron chi connectivity index (χ1n) is 7.42. The Balaban J connectivity index is 1.40. The van der Waals surface area contributed by atoms with Crippen molar-refractivity contribution >= 4 is 5.97 Å². The topological polar surface area (TPSA) is 87.6 Å². The SMILES string of the molecule is Cc1ccc(OCCC(=O)OCc2nnc(-c3ccco3)o2)cc1. The predicted octanol–water partition coefficient (Wildman–Crippen LogP) is 3.15. The van der Waals surface area contributed by atoms with E-state index in [4.69, 9.17) is 18.3 Å². The summed E-state index contributed by atoms with van der Waals surface area (Å²) in [4.78, 5) is 11.7. The number of nitrogens with zero attached hydrogens (tertiary/aromatic N) is 2. The van der Waals surface area contributed by atoms with E-state index in [1.807, 2.05) is 31.2 Å². The van der Waals surface area contributed by atoms with E-state index in [0.717, 1.165) is 5.56 Å². The Morgan fingerprint density at radius 2 is 2.00 bits per heavy atom. The summed E-state index contributed by atoms with van der Waals surface area (Å²) in [6, 6.07) is 11.0. The van der Waals surface area contributed by atoms with E-state index in [1.165, 1.54) is 6.26 Å². The van der Waals surface area contributed by atoms with Gasteiger partial charge in [0.15, 0.2) is 12.4 Å². The Morgan fingerprint density at radius 3 is 2.75 bits per heavy atom. The van der Waals surface area contributed by atoms with Gasteiger partial charge in [0.2, 0.25) is 0 Å². The quantitative estimate of drug-likeness (QED) is 0.616. The molecule has 0 atom stereocenters. The van der Waals surface area contributed by atoms with Crippen molar-refractivity contribution in [3.8, 4) is 17.4 Å². The van der Waals surface area contributed by atoms with Crippen molar-refractivity contribution in [3.05, 3.63) is 54.1 Å². The Kier molecular flexibility index (Phi) is 4.90. The van der Waals surface area contributed by atoms with E-state index in [-0.39, 0.29) is 31.4 Å². The Bertz CT molecular complexity index is 778. The molecule has 3 aromatic rings. The Labute approximate surface area is 138 Å². The van der Waals surface area contributed by atoms with Crippen molar-refractivity contribution in [1.29, 1.82) is 0 Å². The molecule has 2 heterocycles. The minimum Gasteiger partial charge on any atom is -0.493 e. The molecule has 7 nitrogen and oxygen atoms in total. The molecule has 1 aromatic carbocycles. The van der Waals surface area contributed by atoms with Crippen molar-refractivity contribution in [3.63, 3.8) is 0 Å². The van der Waals surface area contributed by atoms with Crippen LogP contribution in [0.25, 0.3) is 11.7 Å². The van der Waals surface area contributed by atoms with Gasteiger partial charge in [0.1, 0.15) is 5.75 Å². The lowest BCUT2D eigenvalue weighted by Crippen LogP contribution is -2.10. The van der Waals surface area contributed by atoms with Gasteiger partial charge in [-0.1, -0.05) is 17.7 Å². The molecule has 0 saturated carbocycles. The number of esters is 1. The first-order chi connectivity index (χ1) is 11.7. The normalized spacial score (nSPS) is 10.5. The lowest BCUT2D eigenvalue weighted by Gasteiger charge is -2.06. The van der Waals surface area contributed by atoms with Crippen LogP contribution in [0.3, 0.4) is 0 Å². The second-order valence-electron chi connectivity index (χ2n) is 5.05. The molecular formula is C17H16N2O5. The third-order valence-electron chi connectivity index (χ3n) is 3.15. The highest BCUT2D eigenvalue weighted by atomic mass is 16.5. The number of furan rings is 1. The smallest absolute Gasteiger partial charge is 0.309 e. The van der Waals surface area contributed by atoms with E-state index in [1.54, 1.807) is 12.1 Å². The summed E-state index contributed by atoms with van der Waals surface area (Å²) in [6.07, 6.45) is 1.64. The molecule has 0 bridgehead atoms. The number of rotatable bonds is 7. The molecule has 0 N–H and O–H groups in total. The molecule has 24 heavy (non-hydrogen) atoms. The lowest BCUT2D eigenvalue weighted by molar-refractivity contribution is -0.146. The van der Waals surface area contributed by atoms with Gasteiger partial charge >= 0.3 is 5.97 Å². The summed E-state index contributed by atoms with van der Waals surface area (Å²) in [6.45, 7) is 2.15. The van der Waals surface area contributed by atoms with E-state index in [2.05, 4.69) is 10.2 Å². The van der Waals surface area contributed by atoms with Crippen LogP contribution in [0.5, 0.6) is 5.75 Å². The van der Waals surface area contributed by atoms with Gasteiger partial charge in [-0.25, -0.2) is 0 Å². The van der Waals surface area contributed by atoms with Crippen LogP contribution in [0, 0.1) is 6.92 Å². The molecule has 7 heteroatoms. The van der Waals surface area contributed by atoms with Crippen LogP contribution in [-0.4, -0.2) is 22.8 Å². The van der Waals surface area contributed by atoms with Gasteiger partial charge in [0.25, 0.3) is 11.8 Å². The zero-order valence-corrected chi connectivity index (χ0v) is 13.1. The second-order valence-corrected chi connectivity index (χ2v) is 5.05. The van der Waals surface area contributed by atoms with Crippen molar-refractivity contribution in [1.82, 2.24) is 10.2 Å². The molecule has 0 saturated heterocycles. The lowest BCUT2D eigenvalue weighted by atomic mass is 10.2. The molecule has 0 aliphatic carbocycles. The minimum atomic E-state index is -0.403. The van der Waals surface area contributed by atoms with Crippen LogP contribution >= 0.6 is 0 Å². The summed E-state index contributed by atoms with van der Waals surface area (Å²) in [5.74, 6) is 1.22. The maximum atomic E-state index is 11.7. The molecular weight excluding hydrogens is 312 g/mol. The van der Waals surface area contributed by atoms with Crippen LogP contribution in [0.2, 0.25) is 0 Å². The Morgan fingerprint density at radius 1 is 1.17 bits per heavy atom. The summed E-state index contributed by atoms with van der Waals surface area (Å²) >= 11 is 0. The molecule has 0 radical (unpaired) electrons. The number of hydrogen-bond acceptors (Lipinski definition) is 7. The molecule has 0 aliphatic rings. The maximum Gasteiger partial charge on any atom is 0.309 e. The molecule has 0 amide bonds. The van der Waals surface area contributed by atoms with Crippen LogP contribution < -0.4 is 4.74 Å². The zero-order chi connectivity index (χ0) is 16.8. The van der Waals surface area contributed by atoms with Gasteiger partial charge in [0.05, 0.1) is 19.3 Å². The van der Waals surface area contributed by atoms with Crippen molar-refractivity contribution in [2.45, 2.75) is 20.0 Å². The minimum absolute atomic E-state index is 0.0862. The van der Waals surface area contributed by atoms with E-state index < -0.39 is 5.97 Å². The summed E-state index contributed by atoms with van der Waals surface area (Å²) in [7, 11) is 0. The van der Waals surface area contributed by atoms with Crippen LogP contribution in [0.1, 0.15) is 17.9 Å². The molecule has 124 valence electrons. The van der Waals surface area contributed by atoms with Crippen LogP contribution in [-0.2, 0) is 16.1 Å². The van der Waals surface area contributed by atoms with Crippen molar-refractivity contribution < 1.29 is 23.1 Å². The number of ether oxygens (including phenoxy) is 2. The molecule has 0 spiro atoms.